The number of nitrogens with zero attached hydrogens (tertiary/aromatic N) is 3. The van der Waals surface area contributed by atoms with Crippen LogP contribution in [-0.4, -0.2) is 47.3 Å². The Morgan fingerprint density at radius 2 is 1.92 bits per heavy atom. The Hall–Kier alpha value is -4.86. The molecule has 3 N–H and O–H groups in total. The second-order valence-corrected chi connectivity index (χ2v) is 8.74. The van der Waals surface area contributed by atoms with Crippen LogP contribution in [0.2, 0.25) is 0 Å². The van der Waals surface area contributed by atoms with E-state index in [1.54, 1.807) is 13.2 Å². The quantitative estimate of drug-likeness (QED) is 0.193. The number of hydrogen-bond donors (Lipinski definition) is 3. The lowest BCUT2D eigenvalue weighted by Crippen LogP contribution is -2.35. The lowest BCUT2D eigenvalue weighted by molar-refractivity contribution is -0.115. The summed E-state index contributed by atoms with van der Waals surface area (Å²) in [5.74, 6) is 2.40. The fraction of sp³-hybridized carbons (Fsp3) is 0.214. The highest BCUT2D eigenvalue weighted by molar-refractivity contribution is 6.08. The smallest absolute Gasteiger partial charge is 0.250 e. The molecule has 0 fully saturated rings. The summed E-state index contributed by atoms with van der Waals surface area (Å²) in [7, 11) is 1.65. The van der Waals surface area contributed by atoms with E-state index in [2.05, 4.69) is 30.6 Å². The number of aliphatic imine (C=N–C) groups is 1. The highest BCUT2D eigenvalue weighted by Crippen LogP contribution is 2.32. The van der Waals surface area contributed by atoms with Crippen molar-refractivity contribution in [2.75, 3.05) is 25.8 Å². The van der Waals surface area contributed by atoms with Gasteiger partial charge in [-0.05, 0) is 67.8 Å². The van der Waals surface area contributed by atoms with Crippen LogP contribution in [0.15, 0.2) is 59.7 Å². The Bertz CT molecular complexity index is 1520. The molecule has 0 bridgehead atoms. The molecule has 0 radical (unpaired) electrons. The van der Waals surface area contributed by atoms with Crippen molar-refractivity contribution in [2.24, 2.45) is 4.99 Å². The van der Waals surface area contributed by atoms with Gasteiger partial charge in [0.25, 0.3) is 5.91 Å². The van der Waals surface area contributed by atoms with Crippen molar-refractivity contribution in [3.63, 3.8) is 0 Å². The van der Waals surface area contributed by atoms with Gasteiger partial charge in [-0.15, -0.1) is 0 Å². The molecule has 38 heavy (non-hydrogen) atoms. The van der Waals surface area contributed by atoms with Gasteiger partial charge in [-0.3, -0.25) is 20.4 Å². The topological polar surface area (TPSA) is 123 Å². The van der Waals surface area contributed by atoms with E-state index in [0.29, 0.717) is 30.4 Å². The molecule has 1 aliphatic heterocycles. The molecule has 194 valence electrons. The van der Waals surface area contributed by atoms with Crippen molar-refractivity contribution >= 4 is 34.8 Å². The van der Waals surface area contributed by atoms with Crippen LogP contribution in [0.4, 0.5) is 5.95 Å². The molecule has 2 aromatic carbocycles. The highest BCUT2D eigenvalue weighted by Gasteiger charge is 2.13. The number of aromatic nitrogens is 3. The number of ether oxygens (including phenoxy) is 3. The average Bonchev–Trinajstić information content (AvgIpc) is 3.53. The molecule has 0 unspecified atom stereocenters. The first-order valence-electron chi connectivity index (χ1n) is 12.1. The molecule has 10 heteroatoms. The molecule has 0 aliphatic carbocycles. The molecule has 10 nitrogen and oxygen atoms in total. The molecule has 0 atom stereocenters. The van der Waals surface area contributed by atoms with Crippen LogP contribution >= 0.6 is 0 Å². The van der Waals surface area contributed by atoms with E-state index < -0.39 is 0 Å². The van der Waals surface area contributed by atoms with Crippen LogP contribution in [0.1, 0.15) is 22.5 Å². The van der Waals surface area contributed by atoms with Gasteiger partial charge in [0.2, 0.25) is 18.7 Å². The van der Waals surface area contributed by atoms with Gasteiger partial charge in [-0.25, -0.2) is 9.97 Å². The molecular weight excluding hydrogens is 484 g/mol. The zero-order valence-corrected chi connectivity index (χ0v) is 21.4. The molecule has 2 aromatic heterocycles. The lowest BCUT2D eigenvalue weighted by Gasteiger charge is -2.10. The number of hydrogen-bond acceptors (Lipinski definition) is 7. The monoisotopic (exact) mass is 512 g/mol. The minimum absolute atomic E-state index is 0.196. The van der Waals surface area contributed by atoms with Crippen LogP contribution in [-0.2, 0) is 11.2 Å². The zero-order valence-electron chi connectivity index (χ0n) is 21.4. The van der Waals surface area contributed by atoms with Gasteiger partial charge in [0.15, 0.2) is 11.5 Å². The third kappa shape index (κ3) is 5.92. The van der Waals surface area contributed by atoms with Gasteiger partial charge in [-0.1, -0.05) is 6.07 Å². The van der Waals surface area contributed by atoms with Crippen molar-refractivity contribution in [2.45, 2.75) is 20.3 Å². The highest BCUT2D eigenvalue weighted by atomic mass is 16.7. The summed E-state index contributed by atoms with van der Waals surface area (Å²) < 4.78 is 16.0. The number of guanidine groups is 1. The van der Waals surface area contributed by atoms with Gasteiger partial charge in [0.1, 0.15) is 5.75 Å². The first kappa shape index (κ1) is 24.8. The summed E-state index contributed by atoms with van der Waals surface area (Å²) in [5.41, 5.74) is 4.53. The molecule has 4 aromatic rings. The predicted octanol–water partition coefficient (Wildman–Crippen LogP) is 4.15. The second-order valence-electron chi connectivity index (χ2n) is 8.74. The number of aryl methyl sites for hydroxylation is 2. The number of nitrogens with one attached hydrogen (secondary N) is 3. The van der Waals surface area contributed by atoms with Crippen LogP contribution in [0.5, 0.6) is 17.2 Å². The van der Waals surface area contributed by atoms with E-state index in [4.69, 9.17) is 14.2 Å². The van der Waals surface area contributed by atoms with Gasteiger partial charge in [0, 0.05) is 47.2 Å². The van der Waals surface area contributed by atoms with Crippen LogP contribution in [0.3, 0.4) is 0 Å². The Morgan fingerprint density at radius 1 is 1.11 bits per heavy atom. The van der Waals surface area contributed by atoms with E-state index >= 15 is 0 Å². The summed E-state index contributed by atoms with van der Waals surface area (Å²) in [6, 6.07) is 13.3. The number of anilines is 1. The first-order valence-corrected chi connectivity index (χ1v) is 12.1. The van der Waals surface area contributed by atoms with Gasteiger partial charge in [0.05, 0.1) is 7.11 Å². The zero-order chi connectivity index (χ0) is 26.5. The first-order chi connectivity index (χ1) is 18.5. The normalized spacial score (nSPS) is 12.8. The molecule has 3 heterocycles. The number of carbonyl (C=O) groups is 1. The standard InChI is InChI=1S/C28H28N6O4/c1-17-12-18(2)32-28(31-17)34-27(29-11-10-20-15-30-23-14-21(36-3)6-7-22(20)23)33-26(35)9-5-19-4-8-24-25(13-19)38-16-37-24/h4-9,12-15,30H,10-11,16H2,1-3H3,(H2,29,31,32,33,34,35). The number of rotatable bonds is 7. The van der Waals surface area contributed by atoms with Crippen molar-refractivity contribution in [1.82, 2.24) is 20.3 Å². The summed E-state index contributed by atoms with van der Waals surface area (Å²) >= 11 is 0. The third-order valence-corrected chi connectivity index (χ3v) is 5.90. The van der Waals surface area contributed by atoms with Crippen molar-refractivity contribution in [1.29, 1.82) is 0 Å². The average molecular weight is 513 g/mol. The third-order valence-electron chi connectivity index (χ3n) is 5.90. The van der Waals surface area contributed by atoms with Crippen LogP contribution in [0, 0.1) is 13.8 Å². The van der Waals surface area contributed by atoms with E-state index in [0.717, 1.165) is 39.2 Å². The number of benzene rings is 2. The minimum atomic E-state index is -0.350. The number of H-pyrrole nitrogens is 1. The number of carbonyl (C=O) groups excluding carboxylic acids is 1. The predicted molar refractivity (Wildman–Crippen MR) is 146 cm³/mol. The summed E-state index contributed by atoms with van der Waals surface area (Å²) in [4.78, 5) is 29.5. The van der Waals surface area contributed by atoms with E-state index in [-0.39, 0.29) is 18.7 Å². The van der Waals surface area contributed by atoms with E-state index in [1.807, 2.05) is 62.5 Å². The molecule has 1 amide bonds. The minimum Gasteiger partial charge on any atom is -0.497 e. The summed E-state index contributed by atoms with van der Waals surface area (Å²) in [6.07, 6.45) is 5.76. The number of amides is 1. The van der Waals surface area contributed by atoms with Crippen LogP contribution < -0.4 is 24.8 Å². The van der Waals surface area contributed by atoms with Gasteiger partial charge in [-0.2, -0.15) is 0 Å². The second kappa shape index (κ2) is 11.0. The Kier molecular flexibility index (Phi) is 7.21. The molecule has 0 saturated heterocycles. The number of aromatic amines is 1. The van der Waals surface area contributed by atoms with Crippen molar-refractivity contribution < 1.29 is 19.0 Å². The van der Waals surface area contributed by atoms with Gasteiger partial charge < -0.3 is 19.2 Å². The fourth-order valence-corrected chi connectivity index (χ4v) is 4.13. The van der Waals surface area contributed by atoms with Crippen molar-refractivity contribution in [3.05, 3.63) is 77.3 Å². The summed E-state index contributed by atoms with van der Waals surface area (Å²) in [6.45, 7) is 4.39. The molecule has 5 rings (SSSR count). The number of fused-ring (bicyclic) bond motifs is 2. The maximum Gasteiger partial charge on any atom is 0.250 e. The molecule has 1 aliphatic rings. The lowest BCUT2D eigenvalue weighted by atomic mass is 10.1. The summed E-state index contributed by atoms with van der Waals surface area (Å²) in [5, 5.41) is 6.97. The Morgan fingerprint density at radius 3 is 2.74 bits per heavy atom. The van der Waals surface area contributed by atoms with Crippen LogP contribution in [0.25, 0.3) is 17.0 Å². The molecular formula is C28H28N6O4. The molecule has 0 spiro atoms. The Labute approximate surface area is 219 Å². The largest absolute Gasteiger partial charge is 0.497 e. The maximum atomic E-state index is 12.8. The van der Waals surface area contributed by atoms with E-state index in [1.165, 1.54) is 6.08 Å². The number of methoxy groups -OCH3 is 1. The maximum absolute atomic E-state index is 12.8. The fourth-order valence-electron chi connectivity index (χ4n) is 4.13. The Balaban J connectivity index is 1.30. The van der Waals surface area contributed by atoms with E-state index in [9.17, 15) is 4.79 Å². The van der Waals surface area contributed by atoms with Gasteiger partial charge >= 0.3 is 0 Å². The van der Waals surface area contributed by atoms with Crippen molar-refractivity contribution in [3.8, 4) is 17.2 Å². The molecule has 0 saturated carbocycles. The SMILES string of the molecule is COc1ccc2c(CCN=C(NC(=O)C=Cc3ccc4c(c3)OCO4)Nc3nc(C)cc(C)n3)c[nH]c2c1.